The molecule has 0 aliphatic heterocycles. The van der Waals surface area contributed by atoms with Gasteiger partial charge in [-0.3, -0.25) is 5.41 Å². The van der Waals surface area contributed by atoms with E-state index in [2.05, 4.69) is 0 Å². The number of amidine groups is 1. The summed E-state index contributed by atoms with van der Waals surface area (Å²) in [7, 11) is 0. The summed E-state index contributed by atoms with van der Waals surface area (Å²) in [4.78, 5) is 1.45. The van der Waals surface area contributed by atoms with E-state index >= 15 is 0 Å². The van der Waals surface area contributed by atoms with Gasteiger partial charge in [-0.15, -0.1) is 0 Å². The fraction of sp³-hybridized carbons (Fsp3) is 0.364. The van der Waals surface area contributed by atoms with E-state index in [0.717, 1.165) is 6.07 Å². The van der Waals surface area contributed by atoms with Gasteiger partial charge in [0.25, 0.3) is 0 Å². The normalized spacial score (nSPS) is 10.3. The number of hydrogen-bond acceptors (Lipinski definition) is 1. The van der Waals surface area contributed by atoms with Crippen LogP contribution in [0.1, 0.15) is 19.4 Å². The highest BCUT2D eigenvalue weighted by atomic mass is 19.2. The number of benzene rings is 1. The average Bonchev–Trinajstić information content (AvgIpc) is 2.26. The summed E-state index contributed by atoms with van der Waals surface area (Å²) >= 11 is 0. The zero-order valence-electron chi connectivity index (χ0n) is 9.15. The van der Waals surface area contributed by atoms with Gasteiger partial charge in [-0.05, 0) is 26.0 Å². The van der Waals surface area contributed by atoms with Crippen LogP contribution in [0.3, 0.4) is 0 Å². The molecule has 0 aromatic heterocycles. The maximum absolute atomic E-state index is 13.4. The average molecular weight is 230 g/mol. The summed E-state index contributed by atoms with van der Waals surface area (Å²) in [6, 6.07) is 1.54. The fourth-order valence-electron chi connectivity index (χ4n) is 1.44. The standard InChI is InChI=1S/C11H13F3N2/c1-3-16(4-2)11(15)9-7(12)5-6-8(13)10(9)14/h5-6,15H,3-4H2,1-2H3. The third-order valence-corrected chi connectivity index (χ3v) is 2.36. The van der Waals surface area contributed by atoms with Crippen LogP contribution in [-0.4, -0.2) is 23.8 Å². The van der Waals surface area contributed by atoms with Gasteiger partial charge in [-0.25, -0.2) is 13.2 Å². The van der Waals surface area contributed by atoms with Gasteiger partial charge in [0.2, 0.25) is 0 Å². The molecular weight excluding hydrogens is 217 g/mol. The van der Waals surface area contributed by atoms with E-state index in [9.17, 15) is 13.2 Å². The monoisotopic (exact) mass is 230 g/mol. The molecule has 0 aliphatic rings. The maximum Gasteiger partial charge on any atom is 0.172 e. The molecule has 0 saturated heterocycles. The molecule has 0 unspecified atom stereocenters. The molecule has 16 heavy (non-hydrogen) atoms. The van der Waals surface area contributed by atoms with E-state index in [1.165, 1.54) is 4.90 Å². The first kappa shape index (κ1) is 12.5. The molecular formula is C11H13F3N2. The van der Waals surface area contributed by atoms with Crippen molar-refractivity contribution in [2.24, 2.45) is 0 Å². The molecule has 1 N–H and O–H groups in total. The largest absolute Gasteiger partial charge is 0.357 e. The van der Waals surface area contributed by atoms with Crippen LogP contribution in [0.25, 0.3) is 0 Å². The van der Waals surface area contributed by atoms with Gasteiger partial charge in [-0.1, -0.05) is 0 Å². The van der Waals surface area contributed by atoms with Gasteiger partial charge < -0.3 is 4.90 Å². The summed E-state index contributed by atoms with van der Waals surface area (Å²) in [5, 5.41) is 7.64. The van der Waals surface area contributed by atoms with E-state index < -0.39 is 23.0 Å². The zero-order chi connectivity index (χ0) is 12.3. The lowest BCUT2D eigenvalue weighted by molar-refractivity contribution is 0.448. The van der Waals surface area contributed by atoms with Gasteiger partial charge in [-0.2, -0.15) is 0 Å². The Morgan fingerprint density at radius 1 is 1.12 bits per heavy atom. The molecule has 2 nitrogen and oxygen atoms in total. The number of nitrogens with zero attached hydrogens (tertiary/aromatic N) is 1. The summed E-state index contributed by atoms with van der Waals surface area (Å²) in [6.07, 6.45) is 0. The Kier molecular flexibility index (Phi) is 3.93. The fourth-order valence-corrected chi connectivity index (χ4v) is 1.44. The van der Waals surface area contributed by atoms with Crippen LogP contribution in [0.2, 0.25) is 0 Å². The molecule has 0 atom stereocenters. The van der Waals surface area contributed by atoms with Crippen molar-refractivity contribution in [3.63, 3.8) is 0 Å². The summed E-state index contributed by atoms with van der Waals surface area (Å²) in [5.41, 5.74) is -0.608. The van der Waals surface area contributed by atoms with Gasteiger partial charge in [0, 0.05) is 13.1 Å². The van der Waals surface area contributed by atoms with Crippen LogP contribution in [0.4, 0.5) is 13.2 Å². The first-order chi connectivity index (χ1) is 7.52. The van der Waals surface area contributed by atoms with Crippen LogP contribution in [0, 0.1) is 22.9 Å². The Labute approximate surface area is 92.2 Å². The van der Waals surface area contributed by atoms with Gasteiger partial charge in [0.05, 0.1) is 5.56 Å². The van der Waals surface area contributed by atoms with Gasteiger partial charge >= 0.3 is 0 Å². The van der Waals surface area contributed by atoms with E-state index in [-0.39, 0.29) is 5.84 Å². The third-order valence-electron chi connectivity index (χ3n) is 2.36. The summed E-state index contributed by atoms with van der Waals surface area (Å²) in [6.45, 7) is 4.38. The van der Waals surface area contributed by atoms with Gasteiger partial charge in [0.1, 0.15) is 11.7 Å². The minimum Gasteiger partial charge on any atom is -0.357 e. The third kappa shape index (κ3) is 2.18. The molecule has 0 saturated carbocycles. The number of hydrogen-bond donors (Lipinski definition) is 1. The van der Waals surface area contributed by atoms with Crippen LogP contribution in [0.15, 0.2) is 12.1 Å². The Morgan fingerprint density at radius 2 is 1.62 bits per heavy atom. The topological polar surface area (TPSA) is 27.1 Å². The summed E-state index contributed by atoms with van der Waals surface area (Å²) in [5.74, 6) is -3.71. The van der Waals surface area contributed by atoms with Gasteiger partial charge in [0.15, 0.2) is 11.6 Å². The molecule has 5 heteroatoms. The molecule has 88 valence electrons. The van der Waals surface area contributed by atoms with Crippen molar-refractivity contribution in [2.45, 2.75) is 13.8 Å². The van der Waals surface area contributed by atoms with Crippen molar-refractivity contribution in [1.82, 2.24) is 4.90 Å². The van der Waals surface area contributed by atoms with E-state index in [1.807, 2.05) is 0 Å². The molecule has 0 spiro atoms. The lowest BCUT2D eigenvalue weighted by Crippen LogP contribution is -2.32. The minimum absolute atomic E-state index is 0.334. The quantitative estimate of drug-likeness (QED) is 0.482. The van der Waals surface area contributed by atoms with Crippen molar-refractivity contribution in [3.8, 4) is 0 Å². The second kappa shape index (κ2) is 5.01. The van der Waals surface area contributed by atoms with Crippen LogP contribution < -0.4 is 0 Å². The van der Waals surface area contributed by atoms with Crippen molar-refractivity contribution in [2.75, 3.05) is 13.1 Å². The Balaban J connectivity index is 3.22. The highest BCUT2D eigenvalue weighted by Crippen LogP contribution is 2.17. The molecule has 0 aliphatic carbocycles. The second-order valence-electron chi connectivity index (χ2n) is 3.24. The van der Waals surface area contributed by atoms with Crippen molar-refractivity contribution < 1.29 is 13.2 Å². The number of halogens is 3. The molecule has 0 radical (unpaired) electrons. The molecule has 0 bridgehead atoms. The SMILES string of the molecule is CCN(CC)C(=N)c1c(F)ccc(F)c1F. The predicted octanol–water partition coefficient (Wildman–Crippen LogP) is 2.77. The van der Waals surface area contributed by atoms with Crippen molar-refractivity contribution in [3.05, 3.63) is 35.1 Å². The van der Waals surface area contributed by atoms with Crippen LogP contribution >= 0.6 is 0 Å². The highest BCUT2D eigenvalue weighted by molar-refractivity contribution is 5.96. The lowest BCUT2D eigenvalue weighted by atomic mass is 10.1. The maximum atomic E-state index is 13.4. The van der Waals surface area contributed by atoms with E-state index in [0.29, 0.717) is 19.2 Å². The first-order valence-electron chi connectivity index (χ1n) is 5.00. The minimum atomic E-state index is -1.31. The zero-order valence-corrected chi connectivity index (χ0v) is 9.15. The molecule has 0 fully saturated rings. The molecule has 1 rings (SSSR count). The summed E-state index contributed by atoms with van der Waals surface area (Å²) < 4.78 is 39.6. The lowest BCUT2D eigenvalue weighted by Gasteiger charge is -2.22. The van der Waals surface area contributed by atoms with Crippen LogP contribution in [0.5, 0.6) is 0 Å². The van der Waals surface area contributed by atoms with Crippen molar-refractivity contribution >= 4 is 5.84 Å². The van der Waals surface area contributed by atoms with Crippen LogP contribution in [-0.2, 0) is 0 Å². The Bertz CT molecular complexity index is 400. The molecule has 1 aromatic carbocycles. The molecule has 0 heterocycles. The van der Waals surface area contributed by atoms with Crippen molar-refractivity contribution in [1.29, 1.82) is 5.41 Å². The number of nitrogens with one attached hydrogen (secondary N) is 1. The highest BCUT2D eigenvalue weighted by Gasteiger charge is 2.20. The van der Waals surface area contributed by atoms with E-state index in [4.69, 9.17) is 5.41 Å². The molecule has 1 aromatic rings. The molecule has 0 amide bonds. The van der Waals surface area contributed by atoms with E-state index in [1.54, 1.807) is 13.8 Å². The Hall–Kier alpha value is -1.52. The second-order valence-corrected chi connectivity index (χ2v) is 3.24. The smallest absolute Gasteiger partial charge is 0.172 e. The Morgan fingerprint density at radius 3 is 2.12 bits per heavy atom. The first-order valence-corrected chi connectivity index (χ1v) is 5.00. The predicted molar refractivity (Wildman–Crippen MR) is 56.1 cm³/mol. The number of rotatable bonds is 3.